The van der Waals surface area contributed by atoms with Gasteiger partial charge < -0.3 is 10.2 Å². The molecule has 2 atom stereocenters. The molecule has 101 valence electrons. The van der Waals surface area contributed by atoms with E-state index in [1.165, 1.54) is 0 Å². The highest BCUT2D eigenvalue weighted by molar-refractivity contribution is 6.48. The van der Waals surface area contributed by atoms with E-state index in [0.29, 0.717) is 0 Å². The van der Waals surface area contributed by atoms with E-state index >= 15 is 0 Å². The first-order chi connectivity index (χ1) is 8.21. The van der Waals surface area contributed by atoms with E-state index in [4.69, 9.17) is 21.8 Å². The zero-order valence-corrected chi connectivity index (χ0v) is 13.6. The van der Waals surface area contributed by atoms with Gasteiger partial charge in [-0.1, -0.05) is 44.5 Å². The first kappa shape index (κ1) is 15.7. The number of halogens is 1. The molecule has 0 fully saturated rings. The Bertz CT molecular complexity index is 390. The predicted octanol–water partition coefficient (Wildman–Crippen LogP) is 4.02. The van der Waals surface area contributed by atoms with Crippen LogP contribution >= 0.6 is 11.6 Å². The monoisotopic (exact) mass is 284 g/mol. The highest BCUT2D eigenvalue weighted by Crippen LogP contribution is 2.38. The fraction of sp³-hybridized carbons (Fsp3) is 0.571. The summed E-state index contributed by atoms with van der Waals surface area (Å²) in [4.78, 5) is 0. The third-order valence-electron chi connectivity index (χ3n) is 2.84. The standard InChI is InChI=1S/C14H23ClNOSi/c1-14(2,3)12(13(16)17-18(4)5)10-7-6-8-11(15)9-10/h6-9,12-13H,16H2,1-5H3. The summed E-state index contributed by atoms with van der Waals surface area (Å²) in [5.41, 5.74) is 7.42. The van der Waals surface area contributed by atoms with Crippen LogP contribution in [-0.4, -0.2) is 15.3 Å². The molecule has 0 aromatic heterocycles. The van der Waals surface area contributed by atoms with Crippen LogP contribution in [0.15, 0.2) is 24.3 Å². The van der Waals surface area contributed by atoms with E-state index < -0.39 is 9.04 Å². The van der Waals surface area contributed by atoms with Gasteiger partial charge in [-0.15, -0.1) is 0 Å². The Hall–Kier alpha value is -0.353. The summed E-state index contributed by atoms with van der Waals surface area (Å²) >= 11 is 6.07. The summed E-state index contributed by atoms with van der Waals surface area (Å²) in [7, 11) is -0.813. The van der Waals surface area contributed by atoms with Gasteiger partial charge in [0.1, 0.15) is 6.23 Å². The van der Waals surface area contributed by atoms with Gasteiger partial charge in [-0.25, -0.2) is 0 Å². The van der Waals surface area contributed by atoms with Crippen LogP contribution in [0, 0.1) is 5.41 Å². The minimum Gasteiger partial charge on any atom is -0.402 e. The quantitative estimate of drug-likeness (QED) is 0.669. The smallest absolute Gasteiger partial charge is 0.207 e. The van der Waals surface area contributed by atoms with E-state index in [9.17, 15) is 0 Å². The van der Waals surface area contributed by atoms with Gasteiger partial charge in [0.15, 0.2) is 0 Å². The molecule has 0 spiro atoms. The van der Waals surface area contributed by atoms with Crippen molar-refractivity contribution >= 4 is 20.6 Å². The highest BCUT2D eigenvalue weighted by Gasteiger charge is 2.32. The Labute approximate surface area is 117 Å². The van der Waals surface area contributed by atoms with Gasteiger partial charge in [0.05, 0.1) is 0 Å². The maximum atomic E-state index is 6.25. The first-order valence-corrected chi connectivity index (χ1v) is 8.98. The van der Waals surface area contributed by atoms with E-state index in [-0.39, 0.29) is 17.6 Å². The molecule has 2 N–H and O–H groups in total. The summed E-state index contributed by atoms with van der Waals surface area (Å²) in [6.45, 7) is 10.7. The zero-order chi connectivity index (χ0) is 13.9. The van der Waals surface area contributed by atoms with E-state index in [0.717, 1.165) is 10.6 Å². The summed E-state index contributed by atoms with van der Waals surface area (Å²) in [6.07, 6.45) is -0.285. The third kappa shape index (κ3) is 4.39. The SMILES string of the molecule is C[Si](C)OC(N)C(c1cccc(Cl)c1)C(C)(C)C. The van der Waals surface area contributed by atoms with Crippen molar-refractivity contribution in [2.75, 3.05) is 0 Å². The molecule has 0 aliphatic carbocycles. The Kier molecular flexibility index (Phi) is 5.41. The number of hydrogen-bond donors (Lipinski definition) is 1. The topological polar surface area (TPSA) is 35.2 Å². The lowest BCUT2D eigenvalue weighted by Gasteiger charge is -2.36. The molecule has 1 radical (unpaired) electrons. The lowest BCUT2D eigenvalue weighted by atomic mass is 9.75. The molecule has 0 aliphatic heterocycles. The second-order valence-electron chi connectivity index (χ2n) is 5.89. The second kappa shape index (κ2) is 6.20. The molecule has 0 heterocycles. The van der Waals surface area contributed by atoms with Crippen LogP contribution in [0.2, 0.25) is 18.1 Å². The summed E-state index contributed by atoms with van der Waals surface area (Å²) in [6, 6.07) is 7.90. The molecule has 0 amide bonds. The lowest BCUT2D eigenvalue weighted by Crippen LogP contribution is -2.41. The fourth-order valence-electron chi connectivity index (χ4n) is 2.22. The number of benzene rings is 1. The maximum Gasteiger partial charge on any atom is 0.207 e. The number of nitrogens with two attached hydrogens (primary N) is 1. The normalized spacial score (nSPS) is 15.8. The second-order valence-corrected chi connectivity index (χ2v) is 8.38. The van der Waals surface area contributed by atoms with Gasteiger partial charge in [0, 0.05) is 10.9 Å². The van der Waals surface area contributed by atoms with Crippen LogP contribution in [0.5, 0.6) is 0 Å². The molecule has 2 unspecified atom stereocenters. The molecule has 1 aromatic rings. The molecule has 0 aliphatic rings. The van der Waals surface area contributed by atoms with Crippen LogP contribution in [0.4, 0.5) is 0 Å². The fourth-order valence-corrected chi connectivity index (χ4v) is 3.10. The highest BCUT2D eigenvalue weighted by atomic mass is 35.5. The average molecular weight is 285 g/mol. The molecule has 1 aromatic carbocycles. The van der Waals surface area contributed by atoms with Crippen LogP contribution in [-0.2, 0) is 4.43 Å². The average Bonchev–Trinajstić information content (AvgIpc) is 2.13. The Morgan fingerprint density at radius 3 is 2.33 bits per heavy atom. The van der Waals surface area contributed by atoms with Gasteiger partial charge in [-0.05, 0) is 36.2 Å². The van der Waals surface area contributed by atoms with Crippen molar-refractivity contribution in [3.63, 3.8) is 0 Å². The Morgan fingerprint density at radius 2 is 1.89 bits per heavy atom. The minimum absolute atomic E-state index is 0.0292. The van der Waals surface area contributed by atoms with Crippen LogP contribution in [0.25, 0.3) is 0 Å². The largest absolute Gasteiger partial charge is 0.402 e. The minimum atomic E-state index is -0.813. The summed E-state index contributed by atoms with van der Waals surface area (Å²) in [5, 5.41) is 0.743. The molecular weight excluding hydrogens is 262 g/mol. The molecule has 18 heavy (non-hydrogen) atoms. The van der Waals surface area contributed by atoms with Crippen LogP contribution < -0.4 is 5.73 Å². The molecule has 0 saturated heterocycles. The van der Waals surface area contributed by atoms with Crippen molar-refractivity contribution in [1.29, 1.82) is 0 Å². The van der Waals surface area contributed by atoms with E-state index in [1.54, 1.807) is 0 Å². The third-order valence-corrected chi connectivity index (χ3v) is 3.82. The van der Waals surface area contributed by atoms with E-state index in [1.807, 2.05) is 18.2 Å². The van der Waals surface area contributed by atoms with Crippen molar-refractivity contribution in [2.45, 2.75) is 46.0 Å². The molecule has 1 rings (SSSR count). The number of hydrogen-bond acceptors (Lipinski definition) is 2. The van der Waals surface area contributed by atoms with E-state index in [2.05, 4.69) is 39.9 Å². The zero-order valence-electron chi connectivity index (χ0n) is 11.8. The van der Waals surface area contributed by atoms with Gasteiger partial charge in [0.2, 0.25) is 9.04 Å². The maximum absolute atomic E-state index is 6.25. The van der Waals surface area contributed by atoms with Gasteiger partial charge >= 0.3 is 0 Å². The van der Waals surface area contributed by atoms with Gasteiger partial charge in [0.25, 0.3) is 0 Å². The molecule has 0 saturated carbocycles. The molecule has 4 heteroatoms. The summed E-state index contributed by atoms with van der Waals surface area (Å²) < 4.78 is 5.87. The van der Waals surface area contributed by atoms with Crippen molar-refractivity contribution in [2.24, 2.45) is 11.1 Å². The van der Waals surface area contributed by atoms with Crippen LogP contribution in [0.3, 0.4) is 0 Å². The Balaban J connectivity index is 3.06. The van der Waals surface area contributed by atoms with Crippen molar-refractivity contribution in [3.8, 4) is 0 Å². The number of rotatable bonds is 4. The van der Waals surface area contributed by atoms with Gasteiger partial charge in [-0.3, -0.25) is 0 Å². The molecule has 2 nitrogen and oxygen atoms in total. The van der Waals surface area contributed by atoms with Crippen molar-refractivity contribution in [1.82, 2.24) is 0 Å². The Morgan fingerprint density at radius 1 is 1.28 bits per heavy atom. The lowest BCUT2D eigenvalue weighted by molar-refractivity contribution is 0.116. The molecule has 0 bridgehead atoms. The van der Waals surface area contributed by atoms with Crippen molar-refractivity contribution in [3.05, 3.63) is 34.9 Å². The van der Waals surface area contributed by atoms with Crippen molar-refractivity contribution < 1.29 is 4.43 Å². The predicted molar refractivity (Wildman–Crippen MR) is 80.2 cm³/mol. The van der Waals surface area contributed by atoms with Gasteiger partial charge in [-0.2, -0.15) is 0 Å². The summed E-state index contributed by atoms with van der Waals surface area (Å²) in [5.74, 6) is 0.135. The molecular formula is C14H23ClNOSi. The van der Waals surface area contributed by atoms with Crippen LogP contribution in [0.1, 0.15) is 32.3 Å². The first-order valence-electron chi connectivity index (χ1n) is 6.19.